The number of hydrogen-bond acceptors (Lipinski definition) is 4. The fourth-order valence-corrected chi connectivity index (χ4v) is 4.33. The Morgan fingerprint density at radius 2 is 1.72 bits per heavy atom. The highest BCUT2D eigenvalue weighted by atomic mass is 35.5. The quantitative estimate of drug-likeness (QED) is 0.701. The van der Waals surface area contributed by atoms with E-state index < -0.39 is 0 Å². The topological polar surface area (TPSA) is 26.8 Å². The lowest BCUT2D eigenvalue weighted by Gasteiger charge is -2.36. The lowest BCUT2D eigenvalue weighted by molar-refractivity contribution is -0.127. The molecule has 2 fully saturated rings. The lowest BCUT2D eigenvalue weighted by Crippen LogP contribution is -2.46. The van der Waals surface area contributed by atoms with E-state index in [2.05, 4.69) is 16.7 Å². The number of piperazine rings is 1. The zero-order valence-corrected chi connectivity index (χ0v) is 16.3. The highest BCUT2D eigenvalue weighted by Crippen LogP contribution is 2.24. The first kappa shape index (κ1) is 20.3. The molecule has 0 radical (unpaired) electrons. The Labute approximate surface area is 160 Å². The van der Waals surface area contributed by atoms with Crippen molar-refractivity contribution in [3.63, 3.8) is 0 Å². The van der Waals surface area contributed by atoms with Crippen LogP contribution in [-0.2, 0) is 4.79 Å². The largest absolute Gasteiger partial charge is 0.369 e. The zero-order chi connectivity index (χ0) is 16.9. The van der Waals surface area contributed by atoms with E-state index in [0.717, 1.165) is 57.8 Å². The van der Waals surface area contributed by atoms with Crippen LogP contribution in [-0.4, -0.2) is 66.1 Å². The summed E-state index contributed by atoms with van der Waals surface area (Å²) in [4.78, 5) is 18.6. The minimum atomic E-state index is -0.179. The molecule has 0 spiro atoms. The molecule has 1 unspecified atom stereocenters. The first-order chi connectivity index (χ1) is 11.6. The fourth-order valence-electron chi connectivity index (χ4n) is 3.37. The number of rotatable bonds is 6. The number of thioether (sulfide) groups is 1. The van der Waals surface area contributed by atoms with Crippen LogP contribution in [0.1, 0.15) is 19.8 Å². The van der Waals surface area contributed by atoms with Gasteiger partial charge in [0.15, 0.2) is 0 Å². The molecule has 7 heteroatoms. The number of anilines is 1. The van der Waals surface area contributed by atoms with Gasteiger partial charge in [-0.3, -0.25) is 9.69 Å². The molecule has 2 heterocycles. The number of hydrogen-bond donors (Lipinski definition) is 0. The van der Waals surface area contributed by atoms with Crippen molar-refractivity contribution in [3.8, 4) is 0 Å². The van der Waals surface area contributed by atoms with Crippen molar-refractivity contribution in [3.05, 3.63) is 30.1 Å². The summed E-state index contributed by atoms with van der Waals surface area (Å²) in [5.41, 5.74) is 1.11. The zero-order valence-electron chi connectivity index (χ0n) is 14.7. The lowest BCUT2D eigenvalue weighted by atomic mass is 10.2. The summed E-state index contributed by atoms with van der Waals surface area (Å²) in [7, 11) is 0. The van der Waals surface area contributed by atoms with Gasteiger partial charge in [0.1, 0.15) is 5.82 Å². The molecule has 0 aliphatic carbocycles. The number of amides is 1. The van der Waals surface area contributed by atoms with Gasteiger partial charge in [-0.25, -0.2) is 4.39 Å². The molecule has 1 aromatic rings. The molecule has 4 nitrogen and oxygen atoms in total. The normalized spacial score (nSPS) is 21.5. The Bertz CT molecular complexity index is 552. The highest BCUT2D eigenvalue weighted by Gasteiger charge is 2.27. The van der Waals surface area contributed by atoms with E-state index >= 15 is 0 Å². The average Bonchev–Trinajstić information content (AvgIpc) is 2.92. The van der Waals surface area contributed by atoms with Gasteiger partial charge in [-0.1, -0.05) is 0 Å². The van der Waals surface area contributed by atoms with E-state index in [9.17, 15) is 9.18 Å². The second-order valence-electron chi connectivity index (χ2n) is 6.51. The Hall–Kier alpha value is -0.980. The van der Waals surface area contributed by atoms with Crippen molar-refractivity contribution in [2.75, 3.05) is 49.9 Å². The number of halogens is 2. The molecule has 0 bridgehead atoms. The Balaban J connectivity index is 0.00000225. The van der Waals surface area contributed by atoms with Gasteiger partial charge >= 0.3 is 0 Å². The Morgan fingerprint density at radius 3 is 2.32 bits per heavy atom. The predicted molar refractivity (Wildman–Crippen MR) is 105 cm³/mol. The SMILES string of the molecule is CC1SCC(=O)N1CCCCN1CCN(c2ccc(F)cc2)CC1.Cl. The summed E-state index contributed by atoms with van der Waals surface area (Å²) in [6.45, 7) is 8.18. The van der Waals surface area contributed by atoms with Crippen molar-refractivity contribution in [2.24, 2.45) is 0 Å². The van der Waals surface area contributed by atoms with E-state index in [1.165, 1.54) is 12.1 Å². The molecule has 25 heavy (non-hydrogen) atoms. The average molecular weight is 388 g/mol. The number of carbonyl (C=O) groups excluding carboxylic acids is 1. The van der Waals surface area contributed by atoms with Crippen molar-refractivity contribution in [1.29, 1.82) is 0 Å². The van der Waals surface area contributed by atoms with Gasteiger partial charge in [0.05, 0.1) is 11.1 Å². The molecular formula is C18H27ClFN3OS. The molecule has 1 aromatic carbocycles. The van der Waals surface area contributed by atoms with E-state index in [1.807, 2.05) is 17.0 Å². The van der Waals surface area contributed by atoms with Gasteiger partial charge in [-0.05, 0) is 50.6 Å². The number of unbranched alkanes of at least 4 members (excludes halogenated alkanes) is 1. The van der Waals surface area contributed by atoms with E-state index in [-0.39, 0.29) is 18.2 Å². The third-order valence-electron chi connectivity index (χ3n) is 4.89. The van der Waals surface area contributed by atoms with Crippen LogP contribution in [0.3, 0.4) is 0 Å². The fraction of sp³-hybridized carbons (Fsp3) is 0.611. The molecule has 0 N–H and O–H groups in total. The van der Waals surface area contributed by atoms with Crippen LogP contribution in [0.15, 0.2) is 24.3 Å². The van der Waals surface area contributed by atoms with Crippen molar-refractivity contribution in [2.45, 2.75) is 25.1 Å². The van der Waals surface area contributed by atoms with E-state index in [4.69, 9.17) is 0 Å². The van der Waals surface area contributed by atoms with Crippen LogP contribution in [0.5, 0.6) is 0 Å². The number of nitrogens with zero attached hydrogens (tertiary/aromatic N) is 3. The van der Waals surface area contributed by atoms with Gasteiger partial charge < -0.3 is 9.80 Å². The van der Waals surface area contributed by atoms with Crippen LogP contribution >= 0.6 is 24.2 Å². The monoisotopic (exact) mass is 387 g/mol. The smallest absolute Gasteiger partial charge is 0.233 e. The minimum Gasteiger partial charge on any atom is -0.369 e. The molecule has 2 aliphatic rings. The summed E-state index contributed by atoms with van der Waals surface area (Å²) in [6.07, 6.45) is 2.21. The second-order valence-corrected chi connectivity index (χ2v) is 7.81. The highest BCUT2D eigenvalue weighted by molar-refractivity contribution is 8.00. The summed E-state index contributed by atoms with van der Waals surface area (Å²) < 4.78 is 13.0. The van der Waals surface area contributed by atoms with Crippen LogP contribution in [0.4, 0.5) is 10.1 Å². The van der Waals surface area contributed by atoms with Gasteiger partial charge in [-0.2, -0.15) is 0 Å². The third-order valence-corrected chi connectivity index (χ3v) is 6.05. The maximum absolute atomic E-state index is 13.0. The van der Waals surface area contributed by atoms with Gasteiger partial charge in [0, 0.05) is 38.4 Å². The van der Waals surface area contributed by atoms with Crippen LogP contribution < -0.4 is 4.90 Å². The molecule has 2 saturated heterocycles. The van der Waals surface area contributed by atoms with E-state index in [1.54, 1.807) is 11.8 Å². The standard InChI is InChI=1S/C18H26FN3OS.ClH/c1-15-22(18(23)14-24-15)9-3-2-8-20-10-12-21(13-11-20)17-6-4-16(19)5-7-17;/h4-7,15H,2-3,8-14H2,1H3;1H. The molecule has 140 valence electrons. The van der Waals surface area contributed by atoms with Gasteiger partial charge in [0.25, 0.3) is 0 Å². The molecule has 1 atom stereocenters. The molecule has 0 aromatic heterocycles. The predicted octanol–water partition coefficient (Wildman–Crippen LogP) is 3.07. The maximum atomic E-state index is 13.0. The Kier molecular flexibility index (Phi) is 7.84. The summed E-state index contributed by atoms with van der Waals surface area (Å²) in [5.74, 6) is 0.758. The van der Waals surface area contributed by atoms with Crippen LogP contribution in [0.25, 0.3) is 0 Å². The second kappa shape index (κ2) is 9.64. The Morgan fingerprint density at radius 1 is 1.08 bits per heavy atom. The van der Waals surface area contributed by atoms with E-state index in [0.29, 0.717) is 17.0 Å². The van der Waals surface area contributed by atoms with Crippen molar-refractivity contribution in [1.82, 2.24) is 9.80 Å². The van der Waals surface area contributed by atoms with Gasteiger partial charge in [-0.15, -0.1) is 24.2 Å². The molecule has 2 aliphatic heterocycles. The van der Waals surface area contributed by atoms with Crippen LogP contribution in [0.2, 0.25) is 0 Å². The first-order valence-electron chi connectivity index (χ1n) is 8.77. The van der Waals surface area contributed by atoms with Crippen molar-refractivity contribution >= 4 is 35.8 Å². The third kappa shape index (κ3) is 5.50. The van der Waals surface area contributed by atoms with Crippen LogP contribution in [0, 0.1) is 5.82 Å². The summed E-state index contributed by atoms with van der Waals surface area (Å²) in [6, 6.07) is 6.77. The van der Waals surface area contributed by atoms with Crippen molar-refractivity contribution < 1.29 is 9.18 Å². The summed E-state index contributed by atoms with van der Waals surface area (Å²) in [5, 5.41) is 0.344. The summed E-state index contributed by atoms with van der Waals surface area (Å²) >= 11 is 1.74. The molecule has 1 amide bonds. The maximum Gasteiger partial charge on any atom is 0.233 e. The molecule has 3 rings (SSSR count). The van der Waals surface area contributed by atoms with Gasteiger partial charge in [0.2, 0.25) is 5.91 Å². The minimum absolute atomic E-state index is 0. The molecule has 0 saturated carbocycles. The first-order valence-corrected chi connectivity index (χ1v) is 9.82. The number of benzene rings is 1. The number of carbonyl (C=O) groups is 1. The molecular weight excluding hydrogens is 361 g/mol.